The maximum atomic E-state index is 13.2. The molecule has 0 saturated carbocycles. The molecule has 0 spiro atoms. The molecule has 1 aromatic rings. The second-order valence-corrected chi connectivity index (χ2v) is 3.06. The molecule has 0 atom stereocenters. The number of aromatic nitrogens is 1. The van der Waals surface area contributed by atoms with Crippen LogP contribution in [-0.4, -0.2) is 31.2 Å². The Morgan fingerprint density at radius 1 is 1.19 bits per heavy atom. The zero-order valence-corrected chi connectivity index (χ0v) is 11.0. The van der Waals surface area contributed by atoms with Crippen molar-refractivity contribution in [2.24, 2.45) is 0 Å². The highest BCUT2D eigenvalue weighted by Crippen LogP contribution is 2.17. The van der Waals surface area contributed by atoms with Gasteiger partial charge in [0, 0.05) is 32.4 Å². The molecule has 2 rings (SSSR count). The van der Waals surface area contributed by atoms with Crippen LogP contribution in [0.4, 0.5) is 10.1 Å². The Morgan fingerprint density at radius 2 is 1.81 bits per heavy atom. The van der Waals surface area contributed by atoms with Crippen LogP contribution < -0.4 is 10.2 Å². The molecule has 3 nitrogen and oxygen atoms in total. The molecular weight excluding hydrogens is 275 g/mol. The molecule has 1 N–H and O–H groups in total. The summed E-state index contributed by atoms with van der Waals surface area (Å²) in [6.45, 7) is 3.56. The Labute approximate surface area is 113 Å². The van der Waals surface area contributed by atoms with Crippen molar-refractivity contribution in [1.29, 1.82) is 0 Å². The van der Waals surface area contributed by atoms with Gasteiger partial charge in [-0.05, 0) is 6.07 Å². The molecule has 0 unspecified atom stereocenters. The summed E-state index contributed by atoms with van der Waals surface area (Å²) in [5.74, 6) is -0.232. The van der Waals surface area contributed by atoms with Crippen LogP contribution in [0.5, 0.6) is 0 Å². The largest absolute Gasteiger partial charge is 0.367 e. The Morgan fingerprint density at radius 3 is 2.38 bits per heavy atom. The molecule has 1 aromatic heterocycles. The molecule has 16 heavy (non-hydrogen) atoms. The topological polar surface area (TPSA) is 28.2 Å². The maximum absolute atomic E-state index is 13.2. The smallest absolute Gasteiger partial charge is 0.164 e. The summed E-state index contributed by atoms with van der Waals surface area (Å²) >= 11 is 0. The monoisotopic (exact) mass is 289 g/mol. The van der Waals surface area contributed by atoms with Crippen molar-refractivity contribution in [2.75, 3.05) is 31.1 Å². The maximum Gasteiger partial charge on any atom is 0.164 e. The third kappa shape index (κ3) is 4.29. The highest BCUT2D eigenvalue weighted by Gasteiger charge is 2.13. The number of rotatable bonds is 1. The molecule has 0 radical (unpaired) electrons. The van der Waals surface area contributed by atoms with E-state index in [9.17, 15) is 4.39 Å². The van der Waals surface area contributed by atoms with Crippen LogP contribution in [0.3, 0.4) is 0 Å². The molecule has 0 bridgehead atoms. The fourth-order valence-corrected chi connectivity index (χ4v) is 1.53. The van der Waals surface area contributed by atoms with Crippen molar-refractivity contribution in [2.45, 2.75) is 0 Å². The van der Waals surface area contributed by atoms with Crippen LogP contribution in [0.15, 0.2) is 18.5 Å². The van der Waals surface area contributed by atoms with Crippen molar-refractivity contribution < 1.29 is 4.39 Å². The lowest BCUT2D eigenvalue weighted by Gasteiger charge is -2.29. The lowest BCUT2D eigenvalue weighted by molar-refractivity contribution is 0.564. The van der Waals surface area contributed by atoms with Gasteiger partial charge >= 0.3 is 0 Å². The lowest BCUT2D eigenvalue weighted by atomic mass is 10.3. The number of pyridine rings is 1. The summed E-state index contributed by atoms with van der Waals surface area (Å²) in [5, 5.41) is 3.22. The van der Waals surface area contributed by atoms with Crippen molar-refractivity contribution >= 4 is 42.9 Å². The van der Waals surface area contributed by atoms with Crippen molar-refractivity contribution in [3.8, 4) is 0 Å². The molecule has 1 aliphatic heterocycles. The number of nitrogens with zero attached hydrogens (tertiary/aromatic N) is 2. The minimum Gasteiger partial charge on any atom is -0.367 e. The third-order valence-corrected chi connectivity index (χ3v) is 2.21. The normalized spacial score (nSPS) is 14.2. The quantitative estimate of drug-likeness (QED) is 0.856. The van der Waals surface area contributed by atoms with Crippen LogP contribution in [0.25, 0.3) is 0 Å². The lowest BCUT2D eigenvalue weighted by Crippen LogP contribution is -2.43. The summed E-state index contributed by atoms with van der Waals surface area (Å²) in [6.07, 6.45) is 2.89. The molecule has 0 aliphatic carbocycles. The SMILES string of the molecule is Cl.Cl.Cl.Fc1cnccc1N1CCNCC1. The second-order valence-electron chi connectivity index (χ2n) is 3.06. The number of halogens is 4. The number of hydrogen-bond acceptors (Lipinski definition) is 3. The standard InChI is InChI=1S/C9H12FN3.3ClH/c10-8-7-12-2-1-9(8)13-5-3-11-4-6-13;;;/h1-2,7,11H,3-6H2;3*1H. The van der Waals surface area contributed by atoms with E-state index in [1.54, 1.807) is 12.3 Å². The van der Waals surface area contributed by atoms with Crippen LogP contribution in [0.2, 0.25) is 0 Å². The highest BCUT2D eigenvalue weighted by atomic mass is 35.5. The third-order valence-electron chi connectivity index (χ3n) is 2.21. The summed E-state index contributed by atoms with van der Waals surface area (Å²) in [5.41, 5.74) is 0.663. The minimum absolute atomic E-state index is 0. The van der Waals surface area contributed by atoms with E-state index in [0.29, 0.717) is 5.69 Å². The van der Waals surface area contributed by atoms with Crippen molar-refractivity contribution in [1.82, 2.24) is 10.3 Å². The zero-order chi connectivity index (χ0) is 9.10. The van der Waals surface area contributed by atoms with Crippen LogP contribution >= 0.6 is 37.2 Å². The van der Waals surface area contributed by atoms with Crippen LogP contribution in [0, 0.1) is 5.82 Å². The number of anilines is 1. The zero-order valence-electron chi connectivity index (χ0n) is 8.56. The average molecular weight is 291 g/mol. The average Bonchev–Trinajstić information content (AvgIpc) is 2.20. The van der Waals surface area contributed by atoms with Crippen molar-refractivity contribution in [3.63, 3.8) is 0 Å². The van der Waals surface area contributed by atoms with Crippen LogP contribution in [-0.2, 0) is 0 Å². The molecule has 0 aromatic carbocycles. The predicted octanol–water partition coefficient (Wildman–Crippen LogP) is 1.90. The van der Waals surface area contributed by atoms with Gasteiger partial charge in [-0.15, -0.1) is 37.2 Å². The van der Waals surface area contributed by atoms with E-state index in [4.69, 9.17) is 0 Å². The first-order valence-corrected chi connectivity index (χ1v) is 4.43. The van der Waals surface area contributed by atoms with E-state index in [2.05, 4.69) is 10.3 Å². The summed E-state index contributed by atoms with van der Waals surface area (Å²) in [6, 6.07) is 1.72. The van der Waals surface area contributed by atoms with Gasteiger partial charge in [-0.3, -0.25) is 4.98 Å². The van der Waals surface area contributed by atoms with E-state index in [-0.39, 0.29) is 43.0 Å². The van der Waals surface area contributed by atoms with Crippen LogP contribution in [0.1, 0.15) is 0 Å². The van der Waals surface area contributed by atoms with Gasteiger partial charge < -0.3 is 10.2 Å². The first-order valence-electron chi connectivity index (χ1n) is 4.43. The Hall–Kier alpha value is -0.290. The molecule has 1 fully saturated rings. The van der Waals surface area contributed by atoms with Gasteiger partial charge in [0.2, 0.25) is 0 Å². The number of piperazine rings is 1. The fourth-order valence-electron chi connectivity index (χ4n) is 1.53. The molecule has 2 heterocycles. The van der Waals surface area contributed by atoms with E-state index in [1.807, 2.05) is 4.90 Å². The Balaban J connectivity index is 0. The van der Waals surface area contributed by atoms with Gasteiger partial charge in [-0.25, -0.2) is 4.39 Å². The Kier molecular flexibility index (Phi) is 9.96. The van der Waals surface area contributed by atoms with Gasteiger partial charge in [0.15, 0.2) is 5.82 Å². The predicted molar refractivity (Wildman–Crippen MR) is 71.0 cm³/mol. The molecular formula is C9H15Cl3FN3. The minimum atomic E-state index is -0.232. The number of hydrogen-bond donors (Lipinski definition) is 1. The van der Waals surface area contributed by atoms with E-state index in [0.717, 1.165) is 26.2 Å². The van der Waals surface area contributed by atoms with Crippen molar-refractivity contribution in [3.05, 3.63) is 24.3 Å². The highest BCUT2D eigenvalue weighted by molar-refractivity contribution is 5.86. The van der Waals surface area contributed by atoms with E-state index < -0.39 is 0 Å². The second kappa shape index (κ2) is 8.82. The van der Waals surface area contributed by atoms with Gasteiger partial charge in [0.25, 0.3) is 0 Å². The van der Waals surface area contributed by atoms with Gasteiger partial charge in [-0.1, -0.05) is 0 Å². The molecule has 0 amide bonds. The fraction of sp³-hybridized carbons (Fsp3) is 0.444. The Bertz CT molecular complexity index is 295. The van der Waals surface area contributed by atoms with E-state index >= 15 is 0 Å². The molecule has 94 valence electrons. The molecule has 1 saturated heterocycles. The number of nitrogens with one attached hydrogen (secondary N) is 1. The van der Waals surface area contributed by atoms with Gasteiger partial charge in [0.1, 0.15) is 0 Å². The molecule has 1 aliphatic rings. The van der Waals surface area contributed by atoms with Gasteiger partial charge in [0.05, 0.1) is 11.9 Å². The summed E-state index contributed by atoms with van der Waals surface area (Å²) in [4.78, 5) is 5.76. The van der Waals surface area contributed by atoms with E-state index in [1.165, 1.54) is 6.20 Å². The first-order chi connectivity index (χ1) is 6.38. The molecule has 7 heteroatoms. The summed E-state index contributed by atoms with van der Waals surface area (Å²) < 4.78 is 13.2. The van der Waals surface area contributed by atoms with Gasteiger partial charge in [-0.2, -0.15) is 0 Å². The first kappa shape index (κ1) is 18.1. The summed E-state index contributed by atoms with van der Waals surface area (Å²) in [7, 11) is 0.